The van der Waals surface area contributed by atoms with E-state index in [1.807, 2.05) is 66.7 Å². The Bertz CT molecular complexity index is 971. The maximum absolute atomic E-state index is 13.3. The van der Waals surface area contributed by atoms with Crippen LogP contribution < -0.4 is 9.64 Å². The van der Waals surface area contributed by atoms with Crippen LogP contribution in [0.5, 0.6) is 5.75 Å². The quantitative estimate of drug-likeness (QED) is 0.579. The second-order valence-corrected chi connectivity index (χ2v) is 7.62. The highest BCUT2D eigenvalue weighted by molar-refractivity contribution is 6.02. The van der Waals surface area contributed by atoms with Gasteiger partial charge in [0.15, 0.2) is 0 Å². The van der Waals surface area contributed by atoms with Crippen LogP contribution in [0, 0.1) is 11.8 Å². The van der Waals surface area contributed by atoms with E-state index < -0.39 is 23.5 Å². The summed E-state index contributed by atoms with van der Waals surface area (Å²) in [5.41, 5.74) is 0.905. The molecule has 2 aromatic rings. The van der Waals surface area contributed by atoms with Crippen molar-refractivity contribution in [3.8, 4) is 5.75 Å². The van der Waals surface area contributed by atoms with Crippen LogP contribution in [0.1, 0.15) is 5.56 Å². The smallest absolute Gasteiger partial charge is 0.313 e. The monoisotopic (exact) mass is 391 g/mol. The number of ether oxygens (including phenoxy) is 3. The summed E-state index contributed by atoms with van der Waals surface area (Å²) in [6, 6.07) is 16.8. The van der Waals surface area contributed by atoms with Gasteiger partial charge >= 0.3 is 5.97 Å². The molecule has 5 rings (SSSR count). The molecule has 2 fully saturated rings. The molecule has 2 aromatic carbocycles. The van der Waals surface area contributed by atoms with Crippen molar-refractivity contribution in [2.45, 2.75) is 18.3 Å². The van der Waals surface area contributed by atoms with Crippen LogP contribution in [0.2, 0.25) is 0 Å². The van der Waals surface area contributed by atoms with Gasteiger partial charge in [0.05, 0.1) is 25.7 Å². The zero-order chi connectivity index (χ0) is 20.0. The SMILES string of the molecule is COc1ccc(N2C[C@@]34C=C[C@H](O3)[C@H](C(=O)OCc3ccccc3)[C@H]4C2=O)cc1. The molecule has 2 saturated heterocycles. The first-order valence-corrected chi connectivity index (χ1v) is 9.64. The lowest BCUT2D eigenvalue weighted by Gasteiger charge is -2.22. The number of carbonyl (C=O) groups is 2. The summed E-state index contributed by atoms with van der Waals surface area (Å²) in [6.45, 7) is 0.570. The molecule has 6 heteroatoms. The first-order chi connectivity index (χ1) is 14.1. The number of esters is 1. The van der Waals surface area contributed by atoms with Gasteiger partial charge in [0.25, 0.3) is 0 Å². The van der Waals surface area contributed by atoms with E-state index in [1.165, 1.54) is 0 Å². The average molecular weight is 391 g/mol. The van der Waals surface area contributed by atoms with Crippen molar-refractivity contribution in [1.82, 2.24) is 0 Å². The van der Waals surface area contributed by atoms with Crippen molar-refractivity contribution < 1.29 is 23.8 Å². The summed E-state index contributed by atoms with van der Waals surface area (Å²) in [7, 11) is 1.60. The topological polar surface area (TPSA) is 65.1 Å². The number of hydrogen-bond donors (Lipinski definition) is 0. The summed E-state index contributed by atoms with van der Waals surface area (Å²) in [5.74, 6) is -0.968. The van der Waals surface area contributed by atoms with E-state index in [0.29, 0.717) is 6.54 Å². The Morgan fingerprint density at radius 1 is 1.17 bits per heavy atom. The number of benzene rings is 2. The van der Waals surface area contributed by atoms with Crippen LogP contribution in [0.25, 0.3) is 0 Å². The normalized spacial score (nSPS) is 29.2. The molecule has 0 radical (unpaired) electrons. The van der Waals surface area contributed by atoms with Crippen LogP contribution in [0.4, 0.5) is 5.69 Å². The Morgan fingerprint density at radius 3 is 2.66 bits per heavy atom. The minimum Gasteiger partial charge on any atom is -0.497 e. The van der Waals surface area contributed by atoms with Gasteiger partial charge in [0.1, 0.15) is 23.9 Å². The molecule has 0 saturated carbocycles. The third kappa shape index (κ3) is 2.83. The Balaban J connectivity index is 1.37. The first kappa shape index (κ1) is 17.9. The van der Waals surface area contributed by atoms with Crippen molar-refractivity contribution in [3.05, 3.63) is 72.3 Å². The van der Waals surface area contributed by atoms with E-state index in [-0.39, 0.29) is 18.5 Å². The standard InChI is InChI=1S/C23H21NO5/c1-27-17-9-7-16(8-10-17)24-14-23-12-11-18(29-23)19(20(23)21(24)25)22(26)28-13-15-5-3-2-4-6-15/h2-12,18-20H,13-14H2,1H3/t18-,19-,20-,23+/m0/s1. The number of methoxy groups -OCH3 is 1. The molecule has 1 spiro atoms. The van der Waals surface area contributed by atoms with Gasteiger partial charge in [-0.1, -0.05) is 42.5 Å². The van der Waals surface area contributed by atoms with Crippen LogP contribution in [0.15, 0.2) is 66.7 Å². The maximum atomic E-state index is 13.3. The molecule has 4 atom stereocenters. The number of nitrogens with zero attached hydrogens (tertiary/aromatic N) is 1. The zero-order valence-electron chi connectivity index (χ0n) is 16.0. The summed E-state index contributed by atoms with van der Waals surface area (Å²) >= 11 is 0. The Hall–Kier alpha value is -3.12. The van der Waals surface area contributed by atoms with Crippen LogP contribution in [-0.2, 0) is 25.7 Å². The van der Waals surface area contributed by atoms with Crippen molar-refractivity contribution in [2.24, 2.45) is 11.8 Å². The minimum absolute atomic E-state index is 0.108. The van der Waals surface area contributed by atoms with Crippen LogP contribution in [0.3, 0.4) is 0 Å². The summed E-state index contributed by atoms with van der Waals surface area (Å²) < 4.78 is 16.9. The highest BCUT2D eigenvalue weighted by Crippen LogP contribution is 2.53. The Kier molecular flexibility index (Phi) is 4.17. The largest absolute Gasteiger partial charge is 0.497 e. The van der Waals surface area contributed by atoms with Crippen molar-refractivity contribution in [2.75, 3.05) is 18.6 Å². The van der Waals surface area contributed by atoms with Gasteiger partial charge in [-0.15, -0.1) is 0 Å². The van der Waals surface area contributed by atoms with Crippen LogP contribution in [-0.4, -0.2) is 37.2 Å². The van der Waals surface area contributed by atoms with E-state index in [0.717, 1.165) is 17.0 Å². The number of fused-ring (bicyclic) bond motifs is 1. The van der Waals surface area contributed by atoms with Gasteiger partial charge in [-0.05, 0) is 29.8 Å². The molecule has 6 nitrogen and oxygen atoms in total. The molecule has 29 heavy (non-hydrogen) atoms. The van der Waals surface area contributed by atoms with Gasteiger partial charge in [0.2, 0.25) is 5.91 Å². The highest BCUT2D eigenvalue weighted by Gasteiger charge is 2.67. The fourth-order valence-corrected chi connectivity index (χ4v) is 4.57. The van der Waals surface area contributed by atoms with Crippen LogP contribution >= 0.6 is 0 Å². The van der Waals surface area contributed by atoms with Gasteiger partial charge in [-0.25, -0.2) is 0 Å². The Labute approximate surface area is 168 Å². The summed E-state index contributed by atoms with van der Waals surface area (Å²) in [4.78, 5) is 27.9. The molecule has 0 aliphatic carbocycles. The molecule has 3 aliphatic heterocycles. The molecule has 3 aliphatic rings. The van der Waals surface area contributed by atoms with E-state index in [4.69, 9.17) is 14.2 Å². The predicted molar refractivity (Wildman–Crippen MR) is 105 cm³/mol. The molecule has 3 heterocycles. The van der Waals surface area contributed by atoms with Gasteiger partial charge in [-0.2, -0.15) is 0 Å². The summed E-state index contributed by atoms with van der Waals surface area (Å²) in [6.07, 6.45) is 3.41. The molecule has 148 valence electrons. The second kappa shape index (κ2) is 6.74. The van der Waals surface area contributed by atoms with Crippen molar-refractivity contribution >= 4 is 17.6 Å². The molecule has 0 unspecified atom stereocenters. The highest BCUT2D eigenvalue weighted by atomic mass is 16.6. The van der Waals surface area contributed by atoms with Crippen molar-refractivity contribution in [3.63, 3.8) is 0 Å². The lowest BCUT2D eigenvalue weighted by molar-refractivity contribution is -0.153. The third-order valence-corrected chi connectivity index (χ3v) is 5.98. The van der Waals surface area contributed by atoms with Gasteiger partial charge < -0.3 is 19.1 Å². The zero-order valence-corrected chi connectivity index (χ0v) is 16.0. The van der Waals surface area contributed by atoms with E-state index in [2.05, 4.69) is 0 Å². The number of hydrogen-bond acceptors (Lipinski definition) is 5. The van der Waals surface area contributed by atoms with Crippen molar-refractivity contribution in [1.29, 1.82) is 0 Å². The molecular formula is C23H21NO5. The fraction of sp³-hybridized carbons (Fsp3) is 0.304. The Morgan fingerprint density at radius 2 is 1.93 bits per heavy atom. The number of amides is 1. The fourth-order valence-electron chi connectivity index (χ4n) is 4.57. The van der Waals surface area contributed by atoms with E-state index in [1.54, 1.807) is 12.0 Å². The maximum Gasteiger partial charge on any atom is 0.313 e. The lowest BCUT2D eigenvalue weighted by Crippen LogP contribution is -2.40. The van der Waals surface area contributed by atoms with E-state index >= 15 is 0 Å². The predicted octanol–water partition coefficient (Wildman–Crippen LogP) is 2.73. The lowest BCUT2D eigenvalue weighted by atomic mass is 9.77. The first-order valence-electron chi connectivity index (χ1n) is 9.64. The molecular weight excluding hydrogens is 370 g/mol. The number of anilines is 1. The second-order valence-electron chi connectivity index (χ2n) is 7.62. The molecule has 2 bridgehead atoms. The molecule has 0 aromatic heterocycles. The number of rotatable bonds is 5. The van der Waals surface area contributed by atoms with Gasteiger partial charge in [0, 0.05) is 5.69 Å². The third-order valence-electron chi connectivity index (χ3n) is 5.98. The molecule has 0 N–H and O–H groups in total. The van der Waals surface area contributed by atoms with E-state index in [9.17, 15) is 9.59 Å². The molecule has 1 amide bonds. The average Bonchev–Trinajstić information content (AvgIpc) is 3.41. The summed E-state index contributed by atoms with van der Waals surface area (Å²) in [5, 5.41) is 0. The number of carbonyl (C=O) groups excluding carboxylic acids is 2. The van der Waals surface area contributed by atoms with Gasteiger partial charge in [-0.3, -0.25) is 9.59 Å². The minimum atomic E-state index is -0.766.